The van der Waals surface area contributed by atoms with Crippen molar-refractivity contribution in [2.75, 3.05) is 6.26 Å². The van der Waals surface area contributed by atoms with Crippen LogP contribution in [0.5, 0.6) is 0 Å². The number of thioether (sulfide) groups is 1. The molecule has 1 heterocycles. The Kier molecular flexibility index (Phi) is 2.86. The van der Waals surface area contributed by atoms with Crippen LogP contribution in [0.2, 0.25) is 10.0 Å². The summed E-state index contributed by atoms with van der Waals surface area (Å²) >= 11 is 13.4. The lowest BCUT2D eigenvalue weighted by molar-refractivity contribution is 1.19. The number of fused-ring (bicyclic) bond motifs is 1. The number of aromatic nitrogens is 1. The van der Waals surface area contributed by atoms with Crippen molar-refractivity contribution in [3.63, 3.8) is 0 Å². The molecule has 72 valence electrons. The molecule has 0 aliphatic rings. The number of hydrogen-bond acceptors (Lipinski definition) is 2. The minimum Gasteiger partial charge on any atom is -0.241 e. The predicted molar refractivity (Wildman–Crippen MR) is 63.5 cm³/mol. The van der Waals surface area contributed by atoms with Crippen LogP contribution in [0.15, 0.2) is 29.3 Å². The number of rotatable bonds is 1. The molecule has 1 aromatic carbocycles. The second-order valence-electron chi connectivity index (χ2n) is 2.81. The molecular formula is C10H7Cl2NS. The van der Waals surface area contributed by atoms with Gasteiger partial charge in [-0.25, -0.2) is 4.98 Å². The smallest absolute Gasteiger partial charge is 0.0964 e. The normalized spacial score (nSPS) is 10.8. The molecule has 0 radical (unpaired) electrons. The van der Waals surface area contributed by atoms with Crippen LogP contribution in [0, 0.1) is 0 Å². The Balaban J connectivity index is 2.70. The monoisotopic (exact) mass is 243 g/mol. The summed E-state index contributed by atoms with van der Waals surface area (Å²) < 4.78 is 0. The highest BCUT2D eigenvalue weighted by atomic mass is 35.5. The maximum atomic E-state index is 5.90. The molecule has 0 aliphatic carbocycles. The van der Waals surface area contributed by atoms with Gasteiger partial charge in [0.25, 0.3) is 0 Å². The molecule has 0 bridgehead atoms. The lowest BCUT2D eigenvalue weighted by Gasteiger charge is -2.02. The quantitative estimate of drug-likeness (QED) is 0.695. The molecule has 1 nitrogen and oxygen atoms in total. The average Bonchev–Trinajstić information content (AvgIpc) is 2.19. The van der Waals surface area contributed by atoms with E-state index in [1.165, 1.54) is 0 Å². The molecule has 0 saturated carbocycles. The summed E-state index contributed by atoms with van der Waals surface area (Å²) in [5, 5.41) is 3.11. The molecule has 0 aliphatic heterocycles. The zero-order chi connectivity index (χ0) is 10.1. The lowest BCUT2D eigenvalue weighted by Crippen LogP contribution is -1.82. The van der Waals surface area contributed by atoms with Gasteiger partial charge in [-0.3, -0.25) is 0 Å². The average molecular weight is 244 g/mol. The van der Waals surface area contributed by atoms with E-state index >= 15 is 0 Å². The first-order valence-corrected chi connectivity index (χ1v) is 5.98. The number of pyridine rings is 1. The molecule has 0 atom stereocenters. The second kappa shape index (κ2) is 3.97. The highest BCUT2D eigenvalue weighted by Crippen LogP contribution is 2.28. The van der Waals surface area contributed by atoms with Gasteiger partial charge in [-0.05, 0) is 24.5 Å². The fourth-order valence-corrected chi connectivity index (χ4v) is 1.94. The van der Waals surface area contributed by atoms with Crippen molar-refractivity contribution in [1.29, 1.82) is 0 Å². The van der Waals surface area contributed by atoms with Crippen molar-refractivity contribution < 1.29 is 0 Å². The van der Waals surface area contributed by atoms with Crippen LogP contribution in [0.25, 0.3) is 10.9 Å². The minimum absolute atomic E-state index is 0.546. The van der Waals surface area contributed by atoms with Crippen molar-refractivity contribution in [3.05, 3.63) is 34.3 Å². The van der Waals surface area contributed by atoms with Crippen LogP contribution < -0.4 is 0 Å². The van der Waals surface area contributed by atoms with Crippen molar-refractivity contribution >= 4 is 45.9 Å². The molecule has 2 aromatic rings. The summed E-state index contributed by atoms with van der Waals surface area (Å²) in [6, 6.07) is 7.59. The van der Waals surface area contributed by atoms with E-state index in [-0.39, 0.29) is 0 Å². The summed E-state index contributed by atoms with van der Waals surface area (Å²) in [5.41, 5.74) is 0.881. The van der Waals surface area contributed by atoms with Gasteiger partial charge in [0.05, 0.1) is 20.6 Å². The standard InChI is InChI=1S/C10H7Cl2NS/c1-14-10-3-2-6-4-7(11)8(12)5-9(6)13-10/h2-5H,1H3. The lowest BCUT2D eigenvalue weighted by atomic mass is 10.2. The zero-order valence-electron chi connectivity index (χ0n) is 7.42. The van der Waals surface area contributed by atoms with Gasteiger partial charge in [0.2, 0.25) is 0 Å². The van der Waals surface area contributed by atoms with Crippen molar-refractivity contribution in [2.45, 2.75) is 5.03 Å². The van der Waals surface area contributed by atoms with Crippen LogP contribution in [-0.2, 0) is 0 Å². The third-order valence-corrected chi connectivity index (χ3v) is 3.28. The number of benzene rings is 1. The Bertz CT molecular complexity index is 485. The Morgan fingerprint density at radius 3 is 2.57 bits per heavy atom. The van der Waals surface area contributed by atoms with E-state index in [0.29, 0.717) is 10.0 Å². The van der Waals surface area contributed by atoms with Crippen LogP contribution in [-0.4, -0.2) is 11.2 Å². The van der Waals surface area contributed by atoms with Crippen LogP contribution >= 0.6 is 35.0 Å². The summed E-state index contributed by atoms with van der Waals surface area (Å²) in [6.45, 7) is 0. The van der Waals surface area contributed by atoms with Gasteiger partial charge in [0.15, 0.2) is 0 Å². The van der Waals surface area contributed by atoms with E-state index in [1.807, 2.05) is 24.5 Å². The van der Waals surface area contributed by atoms with Crippen molar-refractivity contribution in [2.24, 2.45) is 0 Å². The first-order valence-electron chi connectivity index (χ1n) is 4.00. The molecule has 0 unspecified atom stereocenters. The first kappa shape index (κ1) is 10.1. The molecular weight excluding hydrogens is 237 g/mol. The SMILES string of the molecule is CSc1ccc2cc(Cl)c(Cl)cc2n1. The fraction of sp³-hybridized carbons (Fsp3) is 0.100. The van der Waals surface area contributed by atoms with Gasteiger partial charge in [-0.1, -0.05) is 29.3 Å². The van der Waals surface area contributed by atoms with Gasteiger partial charge < -0.3 is 0 Å². The number of halogens is 2. The third kappa shape index (κ3) is 1.83. The largest absolute Gasteiger partial charge is 0.241 e. The van der Waals surface area contributed by atoms with E-state index in [1.54, 1.807) is 17.8 Å². The highest BCUT2D eigenvalue weighted by molar-refractivity contribution is 7.98. The first-order chi connectivity index (χ1) is 6.70. The number of hydrogen-bond donors (Lipinski definition) is 0. The topological polar surface area (TPSA) is 12.9 Å². The molecule has 14 heavy (non-hydrogen) atoms. The van der Waals surface area contributed by atoms with Gasteiger partial charge in [0, 0.05) is 5.39 Å². The van der Waals surface area contributed by atoms with Gasteiger partial charge in [-0.15, -0.1) is 11.8 Å². The highest BCUT2D eigenvalue weighted by Gasteiger charge is 2.02. The molecule has 0 spiro atoms. The molecule has 0 fully saturated rings. The Hall–Kier alpha value is -0.440. The van der Waals surface area contributed by atoms with E-state index in [2.05, 4.69) is 4.98 Å². The number of nitrogens with zero attached hydrogens (tertiary/aromatic N) is 1. The second-order valence-corrected chi connectivity index (χ2v) is 4.45. The summed E-state index contributed by atoms with van der Waals surface area (Å²) in [7, 11) is 0. The Morgan fingerprint density at radius 2 is 1.86 bits per heavy atom. The maximum Gasteiger partial charge on any atom is 0.0964 e. The van der Waals surface area contributed by atoms with E-state index < -0.39 is 0 Å². The van der Waals surface area contributed by atoms with E-state index in [4.69, 9.17) is 23.2 Å². The van der Waals surface area contributed by atoms with Gasteiger partial charge in [0.1, 0.15) is 0 Å². The maximum absolute atomic E-state index is 5.90. The Labute approximate surface area is 96.4 Å². The van der Waals surface area contributed by atoms with Crippen molar-refractivity contribution in [1.82, 2.24) is 4.98 Å². The van der Waals surface area contributed by atoms with Crippen molar-refractivity contribution in [3.8, 4) is 0 Å². The summed E-state index contributed by atoms with van der Waals surface area (Å²) in [4.78, 5) is 4.42. The zero-order valence-corrected chi connectivity index (χ0v) is 9.75. The van der Waals surface area contributed by atoms with Crippen LogP contribution in [0.1, 0.15) is 0 Å². The molecule has 0 saturated heterocycles. The van der Waals surface area contributed by atoms with E-state index in [0.717, 1.165) is 15.9 Å². The summed E-state index contributed by atoms with van der Waals surface area (Å²) in [6.07, 6.45) is 1.99. The van der Waals surface area contributed by atoms with Gasteiger partial charge in [-0.2, -0.15) is 0 Å². The predicted octanol–water partition coefficient (Wildman–Crippen LogP) is 4.26. The molecule has 0 amide bonds. The van der Waals surface area contributed by atoms with E-state index in [9.17, 15) is 0 Å². The molecule has 0 N–H and O–H groups in total. The summed E-state index contributed by atoms with van der Waals surface area (Å²) in [5.74, 6) is 0. The molecule has 1 aromatic heterocycles. The molecule has 4 heteroatoms. The third-order valence-electron chi connectivity index (χ3n) is 1.91. The van der Waals surface area contributed by atoms with Crippen LogP contribution in [0.4, 0.5) is 0 Å². The minimum atomic E-state index is 0.546. The Morgan fingerprint density at radius 1 is 1.14 bits per heavy atom. The van der Waals surface area contributed by atoms with Crippen LogP contribution in [0.3, 0.4) is 0 Å². The molecule has 2 rings (SSSR count). The fourth-order valence-electron chi connectivity index (χ4n) is 1.21. The van der Waals surface area contributed by atoms with Gasteiger partial charge >= 0.3 is 0 Å².